The Kier molecular flexibility index (Phi) is 6.46. The minimum absolute atomic E-state index is 0.00804. The number of hydrogen-bond donors (Lipinski definition) is 2. The van der Waals surface area contributed by atoms with Gasteiger partial charge in [0.05, 0.1) is 18.8 Å². The summed E-state index contributed by atoms with van der Waals surface area (Å²) in [6.07, 6.45) is -0.187. The lowest BCUT2D eigenvalue weighted by Crippen LogP contribution is -2.18. The van der Waals surface area contributed by atoms with E-state index in [4.69, 9.17) is 13.9 Å². The number of ether oxygens (including phenoxy) is 2. The van der Waals surface area contributed by atoms with Crippen molar-refractivity contribution in [2.45, 2.75) is 20.0 Å². The molecule has 0 bridgehead atoms. The van der Waals surface area contributed by atoms with Gasteiger partial charge in [0, 0.05) is 29.6 Å². The normalized spacial score (nSPS) is 11.0. The predicted octanol–water partition coefficient (Wildman–Crippen LogP) is 5.76. The second-order valence-electron chi connectivity index (χ2n) is 8.12. The average molecular weight is 477 g/mol. The molecule has 0 atom stereocenters. The van der Waals surface area contributed by atoms with Crippen molar-refractivity contribution in [2.24, 2.45) is 0 Å². The van der Waals surface area contributed by atoms with E-state index in [0.29, 0.717) is 33.4 Å². The van der Waals surface area contributed by atoms with E-state index in [-0.39, 0.29) is 34.6 Å². The van der Waals surface area contributed by atoms with Crippen molar-refractivity contribution >= 4 is 22.8 Å². The van der Waals surface area contributed by atoms with Gasteiger partial charge < -0.3 is 24.3 Å². The number of halogens is 1. The first kappa shape index (κ1) is 23.8. The fourth-order valence-corrected chi connectivity index (χ4v) is 3.90. The van der Waals surface area contributed by atoms with Gasteiger partial charge in [0.15, 0.2) is 0 Å². The average Bonchev–Trinajstić information content (AvgIpc) is 3.21. The van der Waals surface area contributed by atoms with Crippen molar-refractivity contribution in [3.8, 4) is 33.9 Å². The molecule has 0 fully saturated rings. The Hall–Kier alpha value is -4.33. The van der Waals surface area contributed by atoms with Crippen LogP contribution in [-0.4, -0.2) is 37.2 Å². The van der Waals surface area contributed by atoms with Gasteiger partial charge in [-0.2, -0.15) is 0 Å². The molecule has 0 aliphatic heterocycles. The molecule has 0 spiro atoms. The highest BCUT2D eigenvalue weighted by atomic mass is 19.1. The smallest absolute Gasteiger partial charge is 0.339 e. The van der Waals surface area contributed by atoms with Crippen LogP contribution in [0.25, 0.3) is 33.4 Å². The van der Waals surface area contributed by atoms with Crippen molar-refractivity contribution < 1.29 is 33.0 Å². The molecule has 0 aliphatic carbocycles. The third kappa shape index (κ3) is 4.55. The number of carboxylic acid groups (broad SMARTS) is 1. The Labute approximate surface area is 201 Å². The molecule has 0 saturated heterocycles. The molecule has 3 aromatic carbocycles. The van der Waals surface area contributed by atoms with E-state index in [1.807, 2.05) is 13.8 Å². The van der Waals surface area contributed by atoms with Crippen LogP contribution in [0.3, 0.4) is 0 Å². The first-order chi connectivity index (χ1) is 16.7. The molecule has 1 aromatic heterocycles. The molecule has 7 nitrogen and oxygen atoms in total. The maximum absolute atomic E-state index is 13.5. The number of furan rings is 1. The number of fused-ring (bicyclic) bond motifs is 1. The number of hydrogen-bond acceptors (Lipinski definition) is 5. The highest BCUT2D eigenvalue weighted by Gasteiger charge is 2.24. The van der Waals surface area contributed by atoms with E-state index in [1.54, 1.807) is 24.3 Å². The topological polar surface area (TPSA) is 98.0 Å². The number of aromatic carboxylic acids is 1. The van der Waals surface area contributed by atoms with Gasteiger partial charge in [0.1, 0.15) is 34.2 Å². The standard InChI is InChI=1S/C27H24FNO6/c1-14(2)34-22-13-23-19(12-18(22)16-7-10-21(33-4)20(11-16)27(31)32)24(26(30)29-3)25(35-23)15-5-8-17(28)9-6-15/h5-14H,1-4H3,(H,29,30)(H,31,32). The highest BCUT2D eigenvalue weighted by molar-refractivity contribution is 6.12. The molecule has 0 saturated carbocycles. The van der Waals surface area contributed by atoms with Crippen LogP contribution in [0, 0.1) is 5.82 Å². The summed E-state index contributed by atoms with van der Waals surface area (Å²) in [4.78, 5) is 24.7. The van der Waals surface area contributed by atoms with Crippen LogP contribution in [0.5, 0.6) is 11.5 Å². The summed E-state index contributed by atoms with van der Waals surface area (Å²) >= 11 is 0. The Morgan fingerprint density at radius 2 is 1.69 bits per heavy atom. The van der Waals surface area contributed by atoms with E-state index in [2.05, 4.69) is 5.32 Å². The lowest BCUT2D eigenvalue weighted by Gasteiger charge is -2.16. The lowest BCUT2D eigenvalue weighted by atomic mass is 9.97. The van der Waals surface area contributed by atoms with Crippen molar-refractivity contribution in [3.63, 3.8) is 0 Å². The molecule has 4 rings (SSSR count). The number of carboxylic acids is 1. The molecular formula is C27H24FNO6. The number of carbonyl (C=O) groups excluding carboxylic acids is 1. The number of amides is 1. The molecule has 180 valence electrons. The Bertz CT molecular complexity index is 1420. The van der Waals surface area contributed by atoms with Crippen molar-refractivity contribution in [3.05, 3.63) is 71.5 Å². The fraction of sp³-hybridized carbons (Fsp3) is 0.185. The van der Waals surface area contributed by atoms with Gasteiger partial charge >= 0.3 is 5.97 Å². The molecular weight excluding hydrogens is 453 g/mol. The highest BCUT2D eigenvalue weighted by Crippen LogP contribution is 2.41. The van der Waals surface area contributed by atoms with Gasteiger partial charge in [-0.15, -0.1) is 0 Å². The maximum atomic E-state index is 13.5. The van der Waals surface area contributed by atoms with Gasteiger partial charge in [-0.25, -0.2) is 9.18 Å². The Balaban J connectivity index is 2.02. The SMILES string of the molecule is CNC(=O)c1c(-c2ccc(F)cc2)oc2cc(OC(C)C)c(-c3ccc(OC)c(C(=O)O)c3)cc12. The second-order valence-corrected chi connectivity index (χ2v) is 8.12. The summed E-state index contributed by atoms with van der Waals surface area (Å²) in [6.45, 7) is 3.74. The van der Waals surface area contributed by atoms with E-state index < -0.39 is 11.8 Å². The van der Waals surface area contributed by atoms with Crippen LogP contribution in [-0.2, 0) is 0 Å². The molecule has 0 radical (unpaired) electrons. The molecule has 8 heteroatoms. The lowest BCUT2D eigenvalue weighted by molar-refractivity contribution is 0.0693. The molecule has 1 amide bonds. The van der Waals surface area contributed by atoms with Crippen LogP contribution in [0.4, 0.5) is 4.39 Å². The first-order valence-electron chi connectivity index (χ1n) is 10.9. The van der Waals surface area contributed by atoms with Crippen LogP contribution in [0.1, 0.15) is 34.6 Å². The third-order valence-corrected chi connectivity index (χ3v) is 5.45. The minimum atomic E-state index is -1.14. The van der Waals surface area contributed by atoms with Crippen molar-refractivity contribution in [1.29, 1.82) is 0 Å². The van der Waals surface area contributed by atoms with Crippen LogP contribution in [0.15, 0.2) is 59.0 Å². The van der Waals surface area contributed by atoms with E-state index in [9.17, 15) is 19.1 Å². The van der Waals surface area contributed by atoms with Crippen molar-refractivity contribution in [2.75, 3.05) is 14.2 Å². The zero-order valence-corrected chi connectivity index (χ0v) is 19.6. The molecule has 2 N–H and O–H groups in total. The van der Waals surface area contributed by atoms with E-state index in [0.717, 1.165) is 0 Å². The van der Waals surface area contributed by atoms with Gasteiger partial charge in [0.2, 0.25) is 0 Å². The van der Waals surface area contributed by atoms with Crippen molar-refractivity contribution in [1.82, 2.24) is 5.32 Å². The van der Waals surface area contributed by atoms with Crippen LogP contribution >= 0.6 is 0 Å². The zero-order chi connectivity index (χ0) is 25.3. The second kappa shape index (κ2) is 9.50. The number of nitrogens with one attached hydrogen (secondary N) is 1. The maximum Gasteiger partial charge on any atom is 0.339 e. The minimum Gasteiger partial charge on any atom is -0.496 e. The number of rotatable bonds is 7. The summed E-state index contributed by atoms with van der Waals surface area (Å²) in [5, 5.41) is 12.8. The predicted molar refractivity (Wildman–Crippen MR) is 130 cm³/mol. The summed E-state index contributed by atoms with van der Waals surface area (Å²) in [6, 6.07) is 13.9. The summed E-state index contributed by atoms with van der Waals surface area (Å²) in [7, 11) is 2.91. The quantitative estimate of drug-likeness (QED) is 0.351. The van der Waals surface area contributed by atoms with Crippen LogP contribution < -0.4 is 14.8 Å². The van der Waals surface area contributed by atoms with E-state index in [1.165, 1.54) is 44.5 Å². The molecule has 0 unspecified atom stereocenters. The van der Waals surface area contributed by atoms with Gasteiger partial charge in [-0.3, -0.25) is 4.79 Å². The van der Waals surface area contributed by atoms with Gasteiger partial charge in [0.25, 0.3) is 5.91 Å². The summed E-state index contributed by atoms with van der Waals surface area (Å²) in [5.41, 5.74) is 2.34. The Morgan fingerprint density at radius 3 is 2.29 bits per heavy atom. The number of methoxy groups -OCH3 is 1. The number of benzene rings is 3. The third-order valence-electron chi connectivity index (χ3n) is 5.45. The largest absolute Gasteiger partial charge is 0.496 e. The van der Waals surface area contributed by atoms with Crippen LogP contribution in [0.2, 0.25) is 0 Å². The molecule has 4 aromatic rings. The molecule has 1 heterocycles. The molecule has 35 heavy (non-hydrogen) atoms. The zero-order valence-electron chi connectivity index (χ0n) is 19.6. The summed E-state index contributed by atoms with van der Waals surface area (Å²) < 4.78 is 30.8. The Morgan fingerprint density at radius 1 is 1.00 bits per heavy atom. The van der Waals surface area contributed by atoms with Gasteiger partial charge in [-0.05, 0) is 61.9 Å². The van der Waals surface area contributed by atoms with Gasteiger partial charge in [-0.1, -0.05) is 6.07 Å². The van der Waals surface area contributed by atoms with E-state index >= 15 is 0 Å². The molecule has 0 aliphatic rings. The summed E-state index contributed by atoms with van der Waals surface area (Å²) in [5.74, 6) is -0.960. The monoisotopic (exact) mass is 477 g/mol. The first-order valence-corrected chi connectivity index (χ1v) is 10.9. The number of carbonyl (C=O) groups is 2. The fourth-order valence-electron chi connectivity index (χ4n) is 3.90.